The number of hydrogen-bond acceptors (Lipinski definition) is 3. The van der Waals surface area contributed by atoms with Crippen LogP contribution >= 0.6 is 11.8 Å². The Labute approximate surface area is 101 Å². The summed E-state index contributed by atoms with van der Waals surface area (Å²) >= 11 is 1.78. The molecular weight excluding hydrogens is 218 g/mol. The molecule has 0 amide bonds. The van der Waals surface area contributed by atoms with Crippen LogP contribution in [0.1, 0.15) is 38.7 Å². The lowest BCUT2D eigenvalue weighted by Crippen LogP contribution is -2.43. The minimum atomic E-state index is -0.154. The van der Waals surface area contributed by atoms with E-state index in [0.717, 1.165) is 18.6 Å². The minimum absolute atomic E-state index is 0.133. The second-order valence-corrected chi connectivity index (χ2v) is 6.87. The fourth-order valence-electron chi connectivity index (χ4n) is 2.45. The van der Waals surface area contributed by atoms with Crippen LogP contribution in [0, 0.1) is 0 Å². The Morgan fingerprint density at radius 1 is 1.31 bits per heavy atom. The molecule has 0 bridgehead atoms. The second kappa shape index (κ2) is 3.17. The molecule has 0 unspecified atom stereocenters. The molecule has 2 N–H and O–H groups in total. The van der Waals surface area contributed by atoms with Crippen LogP contribution in [0.15, 0.2) is 23.1 Å². The lowest BCUT2D eigenvalue weighted by atomic mass is 9.72. The second-order valence-electron chi connectivity index (χ2n) is 5.25. The van der Waals surface area contributed by atoms with Crippen molar-refractivity contribution in [1.29, 1.82) is 0 Å². The SMILES string of the molecule is CC1(C)Oc2c(cccc2C2(N)CCC2)S1. The number of ether oxygens (including phenoxy) is 1. The van der Waals surface area contributed by atoms with E-state index in [1.54, 1.807) is 11.8 Å². The van der Waals surface area contributed by atoms with Crippen molar-refractivity contribution in [3.8, 4) is 5.75 Å². The van der Waals surface area contributed by atoms with Gasteiger partial charge in [-0.1, -0.05) is 23.9 Å². The molecule has 3 heteroatoms. The number of benzene rings is 1. The monoisotopic (exact) mass is 235 g/mol. The van der Waals surface area contributed by atoms with E-state index in [0.29, 0.717) is 0 Å². The van der Waals surface area contributed by atoms with Crippen LogP contribution in [0.4, 0.5) is 0 Å². The summed E-state index contributed by atoms with van der Waals surface area (Å²) in [5.41, 5.74) is 7.47. The third-order valence-corrected chi connectivity index (χ3v) is 4.58. The van der Waals surface area contributed by atoms with Crippen molar-refractivity contribution >= 4 is 11.8 Å². The van der Waals surface area contributed by atoms with Crippen LogP contribution < -0.4 is 10.5 Å². The average Bonchev–Trinajstić information content (AvgIpc) is 2.47. The van der Waals surface area contributed by atoms with Gasteiger partial charge in [0.25, 0.3) is 0 Å². The Morgan fingerprint density at radius 2 is 2.06 bits per heavy atom. The molecule has 0 radical (unpaired) electrons. The van der Waals surface area contributed by atoms with Crippen LogP contribution in [0.25, 0.3) is 0 Å². The normalized spacial score (nSPS) is 24.4. The highest BCUT2D eigenvalue weighted by atomic mass is 32.2. The quantitative estimate of drug-likeness (QED) is 0.811. The minimum Gasteiger partial charge on any atom is -0.475 e. The molecule has 1 fully saturated rings. The summed E-state index contributed by atoms with van der Waals surface area (Å²) in [7, 11) is 0. The number of nitrogens with two attached hydrogens (primary N) is 1. The Morgan fingerprint density at radius 3 is 2.69 bits per heavy atom. The van der Waals surface area contributed by atoms with Crippen molar-refractivity contribution in [2.24, 2.45) is 5.73 Å². The van der Waals surface area contributed by atoms with E-state index in [9.17, 15) is 0 Å². The maximum Gasteiger partial charge on any atom is 0.153 e. The molecule has 1 aliphatic heterocycles. The Hall–Kier alpha value is -0.670. The molecule has 2 aliphatic rings. The number of fused-ring (bicyclic) bond motifs is 1. The number of rotatable bonds is 1. The molecule has 2 nitrogen and oxygen atoms in total. The van der Waals surface area contributed by atoms with Gasteiger partial charge < -0.3 is 10.5 Å². The molecule has 86 valence electrons. The number of hydrogen-bond donors (Lipinski definition) is 1. The molecule has 1 aromatic carbocycles. The van der Waals surface area contributed by atoms with Gasteiger partial charge in [0.15, 0.2) is 4.93 Å². The fourth-order valence-corrected chi connectivity index (χ4v) is 3.50. The zero-order valence-corrected chi connectivity index (χ0v) is 10.6. The van der Waals surface area contributed by atoms with E-state index in [4.69, 9.17) is 10.5 Å². The molecule has 16 heavy (non-hydrogen) atoms. The Balaban J connectivity index is 2.06. The summed E-state index contributed by atoms with van der Waals surface area (Å²) in [6.45, 7) is 4.21. The largest absolute Gasteiger partial charge is 0.475 e. The lowest BCUT2D eigenvalue weighted by molar-refractivity contribution is 0.193. The maximum absolute atomic E-state index is 6.40. The predicted molar refractivity (Wildman–Crippen MR) is 66.7 cm³/mol. The highest BCUT2D eigenvalue weighted by Crippen LogP contribution is 2.53. The first-order valence-electron chi connectivity index (χ1n) is 5.81. The van der Waals surface area contributed by atoms with Gasteiger partial charge in [-0.15, -0.1) is 0 Å². The summed E-state index contributed by atoms with van der Waals surface area (Å²) in [5.74, 6) is 1.03. The van der Waals surface area contributed by atoms with Crippen molar-refractivity contribution < 1.29 is 4.74 Å². The molecule has 1 aromatic rings. The summed E-state index contributed by atoms with van der Waals surface area (Å²) < 4.78 is 6.03. The summed E-state index contributed by atoms with van der Waals surface area (Å²) in [4.78, 5) is 1.08. The lowest BCUT2D eigenvalue weighted by Gasteiger charge is -2.39. The van der Waals surface area contributed by atoms with E-state index in [2.05, 4.69) is 32.0 Å². The van der Waals surface area contributed by atoms with Crippen LogP contribution in [-0.2, 0) is 5.54 Å². The van der Waals surface area contributed by atoms with Gasteiger partial charge >= 0.3 is 0 Å². The molecule has 0 saturated heterocycles. The molecular formula is C13H17NOS. The zero-order chi connectivity index (χ0) is 11.4. The van der Waals surface area contributed by atoms with Crippen LogP contribution in [0.5, 0.6) is 5.75 Å². The van der Waals surface area contributed by atoms with Crippen LogP contribution in [0.2, 0.25) is 0 Å². The number of thioether (sulfide) groups is 1. The van der Waals surface area contributed by atoms with Gasteiger partial charge in [-0.05, 0) is 39.2 Å². The van der Waals surface area contributed by atoms with Crippen LogP contribution in [-0.4, -0.2) is 4.93 Å². The zero-order valence-electron chi connectivity index (χ0n) is 9.75. The van der Waals surface area contributed by atoms with Gasteiger partial charge in [-0.2, -0.15) is 0 Å². The molecule has 0 atom stereocenters. The van der Waals surface area contributed by atoms with E-state index < -0.39 is 0 Å². The van der Waals surface area contributed by atoms with Crippen molar-refractivity contribution in [3.63, 3.8) is 0 Å². The predicted octanol–water partition coefficient (Wildman–Crippen LogP) is 3.25. The Bertz CT molecular complexity index is 438. The van der Waals surface area contributed by atoms with Crippen LogP contribution in [0.3, 0.4) is 0 Å². The van der Waals surface area contributed by atoms with Gasteiger partial charge in [0, 0.05) is 11.1 Å². The first-order valence-corrected chi connectivity index (χ1v) is 6.62. The first kappa shape index (κ1) is 10.5. The van der Waals surface area contributed by atoms with Gasteiger partial charge in [0.05, 0.1) is 4.90 Å². The van der Waals surface area contributed by atoms with Gasteiger partial charge in [0.2, 0.25) is 0 Å². The van der Waals surface area contributed by atoms with Crippen molar-refractivity contribution in [2.75, 3.05) is 0 Å². The fraction of sp³-hybridized carbons (Fsp3) is 0.538. The molecule has 1 aliphatic carbocycles. The molecule has 1 saturated carbocycles. The number of para-hydroxylation sites is 1. The topological polar surface area (TPSA) is 35.2 Å². The molecule has 0 aromatic heterocycles. The third-order valence-electron chi connectivity index (χ3n) is 3.46. The average molecular weight is 235 g/mol. The van der Waals surface area contributed by atoms with E-state index in [1.807, 2.05) is 0 Å². The third kappa shape index (κ3) is 1.45. The summed E-state index contributed by atoms with van der Waals surface area (Å²) in [6, 6.07) is 6.35. The summed E-state index contributed by atoms with van der Waals surface area (Å²) in [5, 5.41) is 0. The van der Waals surface area contributed by atoms with Gasteiger partial charge in [-0.25, -0.2) is 0 Å². The Kier molecular flexibility index (Phi) is 2.08. The van der Waals surface area contributed by atoms with Crippen molar-refractivity contribution in [2.45, 2.75) is 48.5 Å². The first-order chi connectivity index (χ1) is 7.50. The smallest absolute Gasteiger partial charge is 0.153 e. The standard InChI is InChI=1S/C13H17NOS/c1-12(2)15-11-9(13(14)7-4-8-13)5-3-6-10(11)16-12/h3,5-6H,4,7-8,14H2,1-2H3. The highest BCUT2D eigenvalue weighted by Gasteiger charge is 2.41. The van der Waals surface area contributed by atoms with Gasteiger partial charge in [-0.3, -0.25) is 0 Å². The highest BCUT2D eigenvalue weighted by molar-refractivity contribution is 8.00. The van der Waals surface area contributed by atoms with E-state index in [1.165, 1.54) is 16.9 Å². The van der Waals surface area contributed by atoms with Gasteiger partial charge in [0.1, 0.15) is 5.75 Å². The summed E-state index contributed by atoms with van der Waals surface area (Å²) in [6.07, 6.45) is 3.40. The molecule has 3 rings (SSSR count). The van der Waals surface area contributed by atoms with Crippen molar-refractivity contribution in [3.05, 3.63) is 23.8 Å². The molecule has 0 spiro atoms. The molecule has 1 heterocycles. The maximum atomic E-state index is 6.40. The van der Waals surface area contributed by atoms with E-state index >= 15 is 0 Å². The van der Waals surface area contributed by atoms with Crippen molar-refractivity contribution in [1.82, 2.24) is 0 Å². The van der Waals surface area contributed by atoms with E-state index in [-0.39, 0.29) is 10.5 Å².